The van der Waals surface area contributed by atoms with Gasteiger partial charge in [-0.15, -0.1) is 0 Å². The number of fused-ring (bicyclic) bond motifs is 1. The number of allylic oxidation sites excluding steroid dienone is 1. The molecule has 3 aliphatic carbocycles. The first-order valence-corrected chi connectivity index (χ1v) is 9.31. The van der Waals surface area contributed by atoms with Crippen LogP contribution in [0.15, 0.2) is 11.3 Å². The van der Waals surface area contributed by atoms with Crippen molar-refractivity contribution in [3.05, 3.63) is 11.3 Å². The Labute approximate surface area is 146 Å². The van der Waals surface area contributed by atoms with Gasteiger partial charge in [0.05, 0.1) is 18.1 Å². The van der Waals surface area contributed by atoms with E-state index in [1.165, 1.54) is 0 Å². The number of aliphatic hydroxyl groups excluding tert-OH is 2. The van der Waals surface area contributed by atoms with Gasteiger partial charge in [-0.3, -0.25) is 4.79 Å². The van der Waals surface area contributed by atoms with Crippen molar-refractivity contribution >= 4 is 11.8 Å². The number of carbonyl (C=O) groups excluding carboxylic acids is 2. The minimum Gasteiger partial charge on any atom is -0.511 e. The molecule has 0 radical (unpaired) electrons. The monoisotopic (exact) mass is 348 g/mol. The standard InChI is InChI=1S/C19H24O6/c1-7-4-8(2)14(21)12-17(23)25-18-6-9(3)16-15(22)10(18)5-11(13(7)20)19(12,18)24-16/h7-11,15-16,21-22H,4-6H2,1-3H3/t7-,8+,9+,10+,11-,15?,16+,18+,19+/m0/s1. The Balaban J connectivity index is 1.82. The van der Waals surface area contributed by atoms with Gasteiger partial charge in [-0.2, -0.15) is 0 Å². The lowest BCUT2D eigenvalue weighted by Gasteiger charge is -2.58. The van der Waals surface area contributed by atoms with E-state index in [0.717, 1.165) is 0 Å². The average Bonchev–Trinajstić information content (AvgIpc) is 2.90. The number of aliphatic hydroxyl groups is 2. The summed E-state index contributed by atoms with van der Waals surface area (Å²) in [5, 5.41) is 21.7. The van der Waals surface area contributed by atoms with Crippen LogP contribution in [0.5, 0.6) is 0 Å². The third-order valence-corrected chi connectivity index (χ3v) is 7.57. The van der Waals surface area contributed by atoms with Crippen LogP contribution in [0.4, 0.5) is 0 Å². The number of ether oxygens (including phenoxy) is 2. The second-order valence-corrected chi connectivity index (χ2v) is 8.86. The van der Waals surface area contributed by atoms with Gasteiger partial charge in [0.25, 0.3) is 0 Å². The molecule has 3 saturated heterocycles. The van der Waals surface area contributed by atoms with Crippen LogP contribution in [0.1, 0.15) is 40.0 Å². The molecule has 2 saturated carbocycles. The number of hydrogen-bond acceptors (Lipinski definition) is 6. The molecule has 6 rings (SSSR count). The summed E-state index contributed by atoms with van der Waals surface area (Å²) in [6.07, 6.45) is 0.318. The van der Waals surface area contributed by atoms with Crippen LogP contribution < -0.4 is 0 Å². The Morgan fingerprint density at radius 1 is 1.12 bits per heavy atom. The minimum atomic E-state index is -1.23. The fraction of sp³-hybridized carbons (Fsp3) is 0.789. The third-order valence-electron chi connectivity index (χ3n) is 7.57. The molecule has 5 fully saturated rings. The Kier molecular flexibility index (Phi) is 2.83. The first-order chi connectivity index (χ1) is 11.7. The van der Waals surface area contributed by atoms with Gasteiger partial charge in [-0.25, -0.2) is 4.79 Å². The number of esters is 1. The van der Waals surface area contributed by atoms with Gasteiger partial charge in [0.15, 0.2) is 11.2 Å². The zero-order valence-corrected chi connectivity index (χ0v) is 14.7. The highest BCUT2D eigenvalue weighted by atomic mass is 16.6. The molecule has 2 N–H and O–H groups in total. The molecule has 1 unspecified atom stereocenters. The smallest absolute Gasteiger partial charge is 0.341 e. The van der Waals surface area contributed by atoms with Gasteiger partial charge in [-0.1, -0.05) is 20.8 Å². The Bertz CT molecular complexity index is 727. The van der Waals surface area contributed by atoms with E-state index in [1.54, 1.807) is 0 Å². The first-order valence-electron chi connectivity index (χ1n) is 9.31. The van der Waals surface area contributed by atoms with E-state index >= 15 is 0 Å². The highest BCUT2D eigenvalue weighted by Crippen LogP contribution is 2.70. The summed E-state index contributed by atoms with van der Waals surface area (Å²) in [5.74, 6) is -1.89. The van der Waals surface area contributed by atoms with Gasteiger partial charge in [-0.05, 0) is 25.2 Å². The summed E-state index contributed by atoms with van der Waals surface area (Å²) >= 11 is 0. The molecule has 0 aromatic carbocycles. The lowest BCUT2D eigenvalue weighted by molar-refractivity contribution is -0.300. The second kappa shape index (κ2) is 4.46. The fourth-order valence-corrected chi connectivity index (χ4v) is 6.61. The fourth-order valence-electron chi connectivity index (χ4n) is 6.61. The summed E-state index contributed by atoms with van der Waals surface area (Å²) < 4.78 is 12.3. The van der Waals surface area contributed by atoms with E-state index in [9.17, 15) is 19.8 Å². The average molecular weight is 348 g/mol. The van der Waals surface area contributed by atoms with Crippen LogP contribution >= 0.6 is 0 Å². The van der Waals surface area contributed by atoms with E-state index in [2.05, 4.69) is 0 Å². The lowest BCUT2D eigenvalue weighted by atomic mass is 9.59. The number of hydrogen-bond donors (Lipinski definition) is 2. The molecule has 3 heterocycles. The van der Waals surface area contributed by atoms with Crippen molar-refractivity contribution in [3.8, 4) is 0 Å². The highest BCUT2D eigenvalue weighted by molar-refractivity contribution is 5.99. The maximum absolute atomic E-state index is 13.2. The molecule has 6 aliphatic rings. The van der Waals surface area contributed by atoms with Crippen molar-refractivity contribution in [1.29, 1.82) is 0 Å². The molecule has 0 aromatic rings. The quantitative estimate of drug-likeness (QED) is 0.645. The largest absolute Gasteiger partial charge is 0.511 e. The van der Waals surface area contributed by atoms with E-state index in [4.69, 9.17) is 9.47 Å². The number of carbonyl (C=O) groups is 2. The number of Topliss-reactive ketones (excluding diaryl/α,β-unsaturated/α-hetero) is 1. The molecule has 0 amide bonds. The zero-order valence-electron chi connectivity index (χ0n) is 14.7. The summed E-state index contributed by atoms with van der Waals surface area (Å²) in [6.45, 7) is 5.68. The maximum Gasteiger partial charge on any atom is 0.341 e. The summed E-state index contributed by atoms with van der Waals surface area (Å²) in [5.41, 5.74) is -2.11. The van der Waals surface area contributed by atoms with Gasteiger partial charge in [0.2, 0.25) is 0 Å². The van der Waals surface area contributed by atoms with Gasteiger partial charge < -0.3 is 19.7 Å². The molecule has 136 valence electrons. The molecular formula is C19H24O6. The van der Waals surface area contributed by atoms with Crippen molar-refractivity contribution in [1.82, 2.24) is 0 Å². The summed E-state index contributed by atoms with van der Waals surface area (Å²) in [4.78, 5) is 26.1. The molecule has 2 spiro atoms. The van der Waals surface area contributed by atoms with Crippen molar-refractivity contribution in [2.45, 2.75) is 63.4 Å². The van der Waals surface area contributed by atoms with Crippen molar-refractivity contribution in [3.63, 3.8) is 0 Å². The van der Waals surface area contributed by atoms with Crippen LogP contribution in [0.25, 0.3) is 0 Å². The van der Waals surface area contributed by atoms with Crippen molar-refractivity contribution < 1.29 is 29.3 Å². The predicted octanol–water partition coefficient (Wildman–Crippen LogP) is 1.51. The van der Waals surface area contributed by atoms with Crippen LogP contribution in [0, 0.1) is 29.6 Å². The first kappa shape index (κ1) is 15.8. The van der Waals surface area contributed by atoms with Gasteiger partial charge in [0, 0.05) is 17.8 Å². The van der Waals surface area contributed by atoms with E-state index < -0.39 is 35.3 Å². The van der Waals surface area contributed by atoms with E-state index in [1.807, 2.05) is 20.8 Å². The molecule has 25 heavy (non-hydrogen) atoms. The predicted molar refractivity (Wildman–Crippen MR) is 85.4 cm³/mol. The molecular weight excluding hydrogens is 324 g/mol. The Morgan fingerprint density at radius 3 is 2.56 bits per heavy atom. The lowest BCUT2D eigenvalue weighted by Crippen LogP contribution is -2.72. The van der Waals surface area contributed by atoms with E-state index in [-0.39, 0.29) is 40.8 Å². The zero-order chi connectivity index (χ0) is 17.9. The number of rotatable bonds is 0. The Hall–Kier alpha value is -1.40. The molecule has 3 aliphatic heterocycles. The minimum absolute atomic E-state index is 0.00145. The normalized spacial score (nSPS) is 56.6. The van der Waals surface area contributed by atoms with Gasteiger partial charge >= 0.3 is 5.97 Å². The van der Waals surface area contributed by atoms with Crippen LogP contribution in [-0.4, -0.2) is 45.4 Å². The molecule has 6 heteroatoms. The molecule has 6 nitrogen and oxygen atoms in total. The summed E-state index contributed by atoms with van der Waals surface area (Å²) in [7, 11) is 0. The molecule has 9 atom stereocenters. The van der Waals surface area contributed by atoms with E-state index in [0.29, 0.717) is 19.3 Å². The topological polar surface area (TPSA) is 93.1 Å². The van der Waals surface area contributed by atoms with Crippen molar-refractivity contribution in [2.24, 2.45) is 29.6 Å². The van der Waals surface area contributed by atoms with Crippen LogP contribution in [-0.2, 0) is 19.1 Å². The second-order valence-electron chi connectivity index (χ2n) is 8.86. The number of ketones is 1. The van der Waals surface area contributed by atoms with Crippen molar-refractivity contribution in [2.75, 3.05) is 0 Å². The van der Waals surface area contributed by atoms with Crippen LogP contribution in [0.2, 0.25) is 0 Å². The highest BCUT2D eigenvalue weighted by Gasteiger charge is 2.84. The summed E-state index contributed by atoms with van der Waals surface area (Å²) in [6, 6.07) is 0. The third kappa shape index (κ3) is 1.48. The maximum atomic E-state index is 13.2. The molecule has 4 bridgehead atoms. The molecule has 0 aromatic heterocycles. The SMILES string of the molecule is C[C@@H]1C[C@H](C)C(=O)[C@@H]2C[C@@H]3C(O)[C@@H]4O[C@@]25C(=C1O)C(=O)O[C@]35C[C@H]4C. The Morgan fingerprint density at radius 2 is 1.84 bits per heavy atom. The van der Waals surface area contributed by atoms with Gasteiger partial charge in [0.1, 0.15) is 17.1 Å². The van der Waals surface area contributed by atoms with Crippen LogP contribution in [0.3, 0.4) is 0 Å².